The van der Waals surface area contributed by atoms with Crippen molar-refractivity contribution in [3.8, 4) is 5.75 Å². The molecule has 2 amide bonds. The van der Waals surface area contributed by atoms with Crippen LogP contribution in [-0.4, -0.2) is 86.3 Å². The molecule has 2 fully saturated rings. The first kappa shape index (κ1) is 23.0. The quantitative estimate of drug-likeness (QED) is 0.707. The number of nitrogens with one attached hydrogen (secondary N) is 1. The van der Waals surface area contributed by atoms with Gasteiger partial charge in [0.05, 0.1) is 10.6 Å². The number of rotatable bonds is 5. The molecule has 3 aliphatic rings. The van der Waals surface area contributed by atoms with E-state index in [1.807, 2.05) is 11.8 Å². The van der Waals surface area contributed by atoms with E-state index in [0.29, 0.717) is 43.8 Å². The van der Waals surface area contributed by atoms with Crippen molar-refractivity contribution in [2.75, 3.05) is 51.1 Å². The van der Waals surface area contributed by atoms with E-state index >= 15 is 0 Å². The molecule has 1 atom stereocenters. The van der Waals surface area contributed by atoms with Crippen molar-refractivity contribution in [3.63, 3.8) is 0 Å². The van der Waals surface area contributed by atoms with Gasteiger partial charge in [0.15, 0.2) is 6.10 Å². The molecule has 4 rings (SSSR count). The fraction of sp³-hybridized carbons (Fsp3) is 0.636. The van der Waals surface area contributed by atoms with Gasteiger partial charge in [-0.05, 0) is 44.0 Å². The van der Waals surface area contributed by atoms with E-state index in [2.05, 4.69) is 17.1 Å². The molecule has 9 nitrogen and oxygen atoms in total. The fourth-order valence-electron chi connectivity index (χ4n) is 4.59. The first-order valence-electron chi connectivity index (χ1n) is 11.5. The van der Waals surface area contributed by atoms with Gasteiger partial charge in [0.2, 0.25) is 15.9 Å². The van der Waals surface area contributed by atoms with Gasteiger partial charge < -0.3 is 19.9 Å². The summed E-state index contributed by atoms with van der Waals surface area (Å²) in [5.41, 5.74) is 0.372. The number of carbonyl (C=O) groups excluding carboxylic acids is 2. The largest absolute Gasteiger partial charge is 0.478 e. The molecule has 0 saturated carbocycles. The molecule has 0 radical (unpaired) electrons. The highest BCUT2D eigenvalue weighted by Gasteiger charge is 2.35. The van der Waals surface area contributed by atoms with Crippen molar-refractivity contribution >= 4 is 27.5 Å². The maximum absolute atomic E-state index is 13.2. The van der Waals surface area contributed by atoms with Crippen LogP contribution in [0.25, 0.3) is 0 Å². The molecule has 1 aromatic carbocycles. The van der Waals surface area contributed by atoms with Crippen molar-refractivity contribution in [1.82, 2.24) is 14.1 Å². The summed E-state index contributed by atoms with van der Waals surface area (Å²) in [6.45, 7) is 8.87. The molecule has 10 heteroatoms. The van der Waals surface area contributed by atoms with E-state index in [-0.39, 0.29) is 22.6 Å². The molecule has 0 aromatic heterocycles. The van der Waals surface area contributed by atoms with E-state index in [1.54, 1.807) is 6.07 Å². The van der Waals surface area contributed by atoms with E-state index in [4.69, 9.17) is 4.74 Å². The standard InChI is InChI=1S/C22H32N4O5S/c1-3-19-21(27)23-18-15-17(5-6-20(18)31-19)32(29,30)26-9-7-16(8-10-26)22(28)25-13-11-24(4-2)12-14-25/h5-6,15-16,19H,3-4,7-14H2,1-2H3,(H,23,27)/t19-/m1/s1. The summed E-state index contributed by atoms with van der Waals surface area (Å²) in [6.07, 6.45) is 1.02. The second-order valence-corrected chi connectivity index (χ2v) is 10.5. The number of likely N-dealkylation sites (N-methyl/N-ethyl adjacent to an activating group) is 1. The van der Waals surface area contributed by atoms with Gasteiger partial charge in [0.1, 0.15) is 5.75 Å². The number of piperazine rings is 1. The number of hydrogen-bond donors (Lipinski definition) is 1. The zero-order valence-corrected chi connectivity index (χ0v) is 19.6. The molecule has 1 N–H and O–H groups in total. The lowest BCUT2D eigenvalue weighted by atomic mass is 9.96. The third-order valence-electron chi connectivity index (χ3n) is 6.71. The number of hydrogen-bond acceptors (Lipinski definition) is 6. The fourth-order valence-corrected chi connectivity index (χ4v) is 6.09. The lowest BCUT2D eigenvalue weighted by Gasteiger charge is -2.38. The number of ether oxygens (including phenoxy) is 1. The molecule has 176 valence electrons. The van der Waals surface area contributed by atoms with Crippen molar-refractivity contribution in [2.45, 2.75) is 44.1 Å². The Kier molecular flexibility index (Phi) is 6.73. The number of piperidine rings is 1. The Morgan fingerprint density at radius 1 is 1.09 bits per heavy atom. The number of anilines is 1. The highest BCUT2D eigenvalue weighted by atomic mass is 32.2. The third-order valence-corrected chi connectivity index (χ3v) is 8.61. The van der Waals surface area contributed by atoms with Crippen molar-refractivity contribution in [3.05, 3.63) is 18.2 Å². The molecule has 3 aliphatic heterocycles. The first-order chi connectivity index (χ1) is 15.3. The molecule has 0 bridgehead atoms. The number of nitrogens with zero attached hydrogens (tertiary/aromatic N) is 3. The second-order valence-electron chi connectivity index (χ2n) is 8.60. The summed E-state index contributed by atoms with van der Waals surface area (Å²) in [6, 6.07) is 4.57. The summed E-state index contributed by atoms with van der Waals surface area (Å²) in [4.78, 5) is 29.4. The maximum atomic E-state index is 13.2. The average molecular weight is 465 g/mol. The van der Waals surface area contributed by atoms with Crippen LogP contribution in [0.3, 0.4) is 0 Å². The molecular formula is C22H32N4O5S. The van der Waals surface area contributed by atoms with Crippen LogP contribution < -0.4 is 10.1 Å². The van der Waals surface area contributed by atoms with Crippen molar-refractivity contribution < 1.29 is 22.7 Å². The second kappa shape index (κ2) is 9.36. The van der Waals surface area contributed by atoms with Crippen LogP contribution in [0.1, 0.15) is 33.1 Å². The molecule has 0 aliphatic carbocycles. The van der Waals surface area contributed by atoms with Crippen LogP contribution in [0.15, 0.2) is 23.1 Å². The Morgan fingerprint density at radius 2 is 1.78 bits per heavy atom. The smallest absolute Gasteiger partial charge is 0.265 e. The molecule has 0 unspecified atom stereocenters. The maximum Gasteiger partial charge on any atom is 0.265 e. The minimum Gasteiger partial charge on any atom is -0.478 e. The van der Waals surface area contributed by atoms with Crippen LogP contribution in [0.4, 0.5) is 5.69 Å². The lowest BCUT2D eigenvalue weighted by molar-refractivity contribution is -0.138. The summed E-state index contributed by atoms with van der Waals surface area (Å²) in [5.74, 6) is 0.227. The van der Waals surface area contributed by atoms with Crippen LogP contribution in [-0.2, 0) is 19.6 Å². The topological polar surface area (TPSA) is 99.3 Å². The number of carbonyl (C=O) groups is 2. The first-order valence-corrected chi connectivity index (χ1v) is 12.9. The predicted molar refractivity (Wildman–Crippen MR) is 120 cm³/mol. The van der Waals surface area contributed by atoms with Gasteiger partial charge in [-0.1, -0.05) is 13.8 Å². The van der Waals surface area contributed by atoms with Crippen molar-refractivity contribution in [2.24, 2.45) is 5.92 Å². The third kappa shape index (κ3) is 4.49. The zero-order valence-electron chi connectivity index (χ0n) is 18.7. The van der Waals surface area contributed by atoms with Gasteiger partial charge in [0.25, 0.3) is 5.91 Å². The van der Waals surface area contributed by atoms with Crippen LogP contribution >= 0.6 is 0 Å². The van der Waals surface area contributed by atoms with Crippen LogP contribution in [0.2, 0.25) is 0 Å². The average Bonchev–Trinajstić information content (AvgIpc) is 2.82. The number of benzene rings is 1. The monoisotopic (exact) mass is 464 g/mol. The molecule has 32 heavy (non-hydrogen) atoms. The number of amides is 2. The Morgan fingerprint density at radius 3 is 2.41 bits per heavy atom. The van der Waals surface area contributed by atoms with Gasteiger partial charge in [-0.25, -0.2) is 8.42 Å². The highest BCUT2D eigenvalue weighted by molar-refractivity contribution is 7.89. The lowest BCUT2D eigenvalue weighted by Crippen LogP contribution is -2.51. The van der Waals surface area contributed by atoms with Gasteiger partial charge in [0, 0.05) is 45.2 Å². The number of fused-ring (bicyclic) bond motifs is 1. The minimum absolute atomic E-state index is 0.121. The highest BCUT2D eigenvalue weighted by Crippen LogP contribution is 2.34. The van der Waals surface area contributed by atoms with Crippen LogP contribution in [0.5, 0.6) is 5.75 Å². The number of sulfonamides is 1. The van der Waals surface area contributed by atoms with E-state index in [9.17, 15) is 18.0 Å². The van der Waals surface area contributed by atoms with Gasteiger partial charge in [-0.3, -0.25) is 9.59 Å². The summed E-state index contributed by atoms with van der Waals surface area (Å²) in [5, 5.41) is 2.74. The van der Waals surface area contributed by atoms with E-state index in [1.165, 1.54) is 16.4 Å². The predicted octanol–water partition coefficient (Wildman–Crippen LogP) is 1.36. The Hall–Kier alpha value is -2.17. The zero-order chi connectivity index (χ0) is 22.9. The van der Waals surface area contributed by atoms with Gasteiger partial charge in [-0.15, -0.1) is 0 Å². The molecule has 2 saturated heterocycles. The Bertz CT molecular complexity index is 967. The summed E-state index contributed by atoms with van der Waals surface area (Å²) >= 11 is 0. The Balaban J connectivity index is 1.39. The normalized spacial score (nSPS) is 23.4. The summed E-state index contributed by atoms with van der Waals surface area (Å²) in [7, 11) is -3.72. The van der Waals surface area contributed by atoms with Crippen molar-refractivity contribution in [1.29, 1.82) is 0 Å². The molecule has 3 heterocycles. The molecular weight excluding hydrogens is 432 g/mol. The summed E-state index contributed by atoms with van der Waals surface area (Å²) < 4.78 is 33.5. The minimum atomic E-state index is -3.72. The molecule has 1 aromatic rings. The van der Waals surface area contributed by atoms with Gasteiger partial charge >= 0.3 is 0 Å². The van der Waals surface area contributed by atoms with Crippen LogP contribution in [0, 0.1) is 5.92 Å². The molecule has 0 spiro atoms. The van der Waals surface area contributed by atoms with E-state index in [0.717, 1.165) is 32.7 Å². The Labute approximate surface area is 189 Å². The van der Waals surface area contributed by atoms with Gasteiger partial charge in [-0.2, -0.15) is 4.31 Å². The van der Waals surface area contributed by atoms with E-state index < -0.39 is 16.1 Å². The SMILES string of the molecule is CC[C@H]1Oc2ccc(S(=O)(=O)N3CCC(C(=O)N4CCN(CC)CC4)CC3)cc2NC1=O.